The summed E-state index contributed by atoms with van der Waals surface area (Å²) in [5, 5.41) is 5.16. The number of amides is 2. The molecule has 1 heterocycles. The van der Waals surface area contributed by atoms with Crippen LogP contribution in [-0.2, 0) is 14.8 Å². The van der Waals surface area contributed by atoms with Gasteiger partial charge in [-0.05, 0) is 30.3 Å². The molecule has 1 aromatic heterocycles. The molecule has 0 spiro atoms. The molecule has 2 amide bonds. The minimum Gasteiger partial charge on any atom is -0.459 e. The second-order valence-electron chi connectivity index (χ2n) is 5.35. The van der Waals surface area contributed by atoms with Gasteiger partial charge in [0, 0.05) is 32.7 Å². The predicted octanol–water partition coefficient (Wildman–Crippen LogP) is 1.29. The average Bonchev–Trinajstić information content (AvgIpc) is 3.09. The fraction of sp³-hybridized carbons (Fsp3) is 0.250. The summed E-state index contributed by atoms with van der Waals surface area (Å²) < 4.78 is 30.2. The van der Waals surface area contributed by atoms with Crippen molar-refractivity contribution in [2.24, 2.45) is 0 Å². The number of anilines is 1. The molecule has 0 aliphatic carbocycles. The van der Waals surface area contributed by atoms with Gasteiger partial charge in [0.15, 0.2) is 5.76 Å². The van der Waals surface area contributed by atoms with Crippen LogP contribution in [0.2, 0.25) is 0 Å². The molecule has 0 saturated carbocycles. The van der Waals surface area contributed by atoms with Crippen molar-refractivity contribution >= 4 is 27.5 Å². The number of benzene rings is 1. The largest absolute Gasteiger partial charge is 0.459 e. The molecule has 2 N–H and O–H groups in total. The Kier molecular flexibility index (Phi) is 5.94. The molecule has 0 aliphatic rings. The van der Waals surface area contributed by atoms with Crippen LogP contribution < -0.4 is 10.6 Å². The second-order valence-corrected chi connectivity index (χ2v) is 7.50. The van der Waals surface area contributed by atoms with Crippen LogP contribution in [0.4, 0.5) is 5.69 Å². The molecule has 2 rings (SSSR count). The smallest absolute Gasteiger partial charge is 0.286 e. The van der Waals surface area contributed by atoms with Crippen LogP contribution in [0.1, 0.15) is 17.0 Å². The predicted molar refractivity (Wildman–Crippen MR) is 91.6 cm³/mol. The van der Waals surface area contributed by atoms with E-state index in [1.54, 1.807) is 18.2 Å². The van der Waals surface area contributed by atoms with E-state index in [0.717, 1.165) is 4.31 Å². The lowest BCUT2D eigenvalue weighted by molar-refractivity contribution is -0.116. The Morgan fingerprint density at radius 1 is 1.16 bits per heavy atom. The average molecular weight is 365 g/mol. The van der Waals surface area contributed by atoms with E-state index in [2.05, 4.69) is 10.6 Å². The van der Waals surface area contributed by atoms with Gasteiger partial charge in [-0.15, -0.1) is 0 Å². The third-order valence-electron chi connectivity index (χ3n) is 3.28. The Morgan fingerprint density at radius 2 is 1.92 bits per heavy atom. The quantitative estimate of drug-likeness (QED) is 0.768. The van der Waals surface area contributed by atoms with Crippen molar-refractivity contribution in [1.29, 1.82) is 0 Å². The van der Waals surface area contributed by atoms with Gasteiger partial charge in [-0.1, -0.05) is 6.07 Å². The summed E-state index contributed by atoms with van der Waals surface area (Å²) in [6.45, 7) is 0.126. The fourth-order valence-corrected chi connectivity index (χ4v) is 2.90. The summed E-state index contributed by atoms with van der Waals surface area (Å²) in [4.78, 5) is 23.7. The van der Waals surface area contributed by atoms with Gasteiger partial charge in [-0.25, -0.2) is 12.7 Å². The zero-order valence-electron chi connectivity index (χ0n) is 13.9. The lowest BCUT2D eigenvalue weighted by Gasteiger charge is -2.12. The van der Waals surface area contributed by atoms with E-state index in [1.807, 2.05) is 0 Å². The number of nitrogens with one attached hydrogen (secondary N) is 2. The Balaban J connectivity index is 1.89. The van der Waals surface area contributed by atoms with E-state index in [4.69, 9.17) is 4.42 Å². The summed E-state index contributed by atoms with van der Waals surface area (Å²) in [6, 6.07) is 9.09. The maximum Gasteiger partial charge on any atom is 0.286 e. The van der Waals surface area contributed by atoms with Gasteiger partial charge in [0.25, 0.3) is 5.91 Å². The van der Waals surface area contributed by atoms with Crippen molar-refractivity contribution in [3.8, 4) is 0 Å². The summed E-state index contributed by atoms with van der Waals surface area (Å²) in [6.07, 6.45) is 1.42. The van der Waals surface area contributed by atoms with E-state index in [1.165, 1.54) is 38.6 Å². The molecule has 9 heteroatoms. The number of carbonyl (C=O) groups is 2. The first-order valence-electron chi connectivity index (χ1n) is 7.45. The third kappa shape index (κ3) is 4.91. The van der Waals surface area contributed by atoms with E-state index < -0.39 is 15.9 Å². The fourth-order valence-electron chi connectivity index (χ4n) is 1.95. The second kappa shape index (κ2) is 7.95. The van der Waals surface area contributed by atoms with E-state index in [-0.39, 0.29) is 29.5 Å². The van der Waals surface area contributed by atoms with E-state index in [9.17, 15) is 18.0 Å². The number of carbonyl (C=O) groups excluding carboxylic acids is 2. The Bertz CT molecular complexity index is 844. The molecule has 1 aromatic carbocycles. The minimum absolute atomic E-state index is 0.0388. The number of hydrogen-bond acceptors (Lipinski definition) is 5. The van der Waals surface area contributed by atoms with Crippen molar-refractivity contribution in [3.05, 3.63) is 48.4 Å². The summed E-state index contributed by atoms with van der Waals surface area (Å²) >= 11 is 0. The molecule has 25 heavy (non-hydrogen) atoms. The molecule has 0 unspecified atom stereocenters. The highest BCUT2D eigenvalue weighted by Crippen LogP contribution is 2.18. The first-order valence-corrected chi connectivity index (χ1v) is 8.89. The normalized spacial score (nSPS) is 11.3. The lowest BCUT2D eigenvalue weighted by atomic mass is 10.3. The number of hydrogen-bond donors (Lipinski definition) is 2. The molecule has 134 valence electrons. The zero-order chi connectivity index (χ0) is 18.4. The van der Waals surface area contributed by atoms with Gasteiger partial charge < -0.3 is 15.1 Å². The molecule has 0 atom stereocenters. The van der Waals surface area contributed by atoms with Crippen LogP contribution >= 0.6 is 0 Å². The van der Waals surface area contributed by atoms with E-state index in [0.29, 0.717) is 5.69 Å². The number of sulfonamides is 1. The summed E-state index contributed by atoms with van der Waals surface area (Å²) in [5.74, 6) is -0.585. The number of nitrogens with zero attached hydrogens (tertiary/aromatic N) is 1. The molecule has 0 bridgehead atoms. The van der Waals surface area contributed by atoms with Crippen molar-refractivity contribution < 1.29 is 22.4 Å². The summed E-state index contributed by atoms with van der Waals surface area (Å²) in [5.41, 5.74) is 0.366. The molecular weight excluding hydrogens is 346 g/mol. The first-order chi connectivity index (χ1) is 11.8. The Hall–Kier alpha value is -2.65. The number of furan rings is 1. The monoisotopic (exact) mass is 365 g/mol. The maximum atomic E-state index is 12.1. The molecule has 0 radical (unpaired) electrons. The van der Waals surface area contributed by atoms with Crippen molar-refractivity contribution in [3.63, 3.8) is 0 Å². The van der Waals surface area contributed by atoms with Crippen molar-refractivity contribution in [1.82, 2.24) is 9.62 Å². The molecule has 8 nitrogen and oxygen atoms in total. The van der Waals surface area contributed by atoms with Gasteiger partial charge in [0.1, 0.15) is 0 Å². The standard InChI is InChI=1S/C16H19N3O5S/c1-19(2)25(22,23)13-6-3-5-12(11-13)18-15(20)8-9-17-16(21)14-7-4-10-24-14/h3-7,10-11H,8-9H2,1-2H3,(H,17,21)(H,18,20). The number of rotatable bonds is 7. The Labute approximate surface area is 145 Å². The highest BCUT2D eigenvalue weighted by molar-refractivity contribution is 7.89. The molecule has 0 saturated heterocycles. The minimum atomic E-state index is -3.57. The van der Waals surface area contributed by atoms with Gasteiger partial charge in [-0.3, -0.25) is 9.59 Å². The highest BCUT2D eigenvalue weighted by atomic mass is 32.2. The molecule has 0 fully saturated rings. The maximum absolute atomic E-state index is 12.1. The van der Waals surface area contributed by atoms with Crippen LogP contribution in [0.25, 0.3) is 0 Å². The molecular formula is C16H19N3O5S. The summed E-state index contributed by atoms with van der Waals surface area (Å²) in [7, 11) is -0.708. The topological polar surface area (TPSA) is 109 Å². The van der Waals surface area contributed by atoms with Crippen LogP contribution in [0, 0.1) is 0 Å². The molecule has 2 aromatic rings. The third-order valence-corrected chi connectivity index (χ3v) is 5.09. The van der Waals surface area contributed by atoms with Crippen LogP contribution in [0.3, 0.4) is 0 Å². The van der Waals surface area contributed by atoms with Crippen molar-refractivity contribution in [2.45, 2.75) is 11.3 Å². The Morgan fingerprint density at radius 3 is 2.56 bits per heavy atom. The van der Waals surface area contributed by atoms with Gasteiger partial charge in [0.05, 0.1) is 11.2 Å². The first kappa shape index (κ1) is 18.7. The van der Waals surface area contributed by atoms with Gasteiger partial charge in [-0.2, -0.15) is 0 Å². The zero-order valence-corrected chi connectivity index (χ0v) is 14.7. The molecule has 0 aliphatic heterocycles. The van der Waals surface area contributed by atoms with E-state index >= 15 is 0 Å². The van der Waals surface area contributed by atoms with Crippen LogP contribution in [0.5, 0.6) is 0 Å². The van der Waals surface area contributed by atoms with Crippen LogP contribution in [-0.4, -0.2) is 45.2 Å². The lowest BCUT2D eigenvalue weighted by Crippen LogP contribution is -2.27. The highest BCUT2D eigenvalue weighted by Gasteiger charge is 2.17. The SMILES string of the molecule is CN(C)S(=O)(=O)c1cccc(NC(=O)CCNC(=O)c2ccco2)c1. The van der Waals surface area contributed by atoms with Gasteiger partial charge >= 0.3 is 0 Å². The van der Waals surface area contributed by atoms with Crippen molar-refractivity contribution in [2.75, 3.05) is 26.0 Å². The van der Waals surface area contributed by atoms with Crippen LogP contribution in [0.15, 0.2) is 52.0 Å². The van der Waals surface area contributed by atoms with Gasteiger partial charge in [0.2, 0.25) is 15.9 Å².